The van der Waals surface area contributed by atoms with Gasteiger partial charge in [-0.2, -0.15) is 11.8 Å². The van der Waals surface area contributed by atoms with E-state index >= 15 is 0 Å². The molecule has 0 saturated heterocycles. The molecule has 0 heterocycles. The minimum Gasteiger partial charge on any atom is -0.323 e. The number of carbonyl (C=O) groups excluding carboxylic acids is 1. The lowest BCUT2D eigenvalue weighted by Gasteiger charge is -2.09. The third-order valence-corrected chi connectivity index (χ3v) is 3.00. The second-order valence-electron chi connectivity index (χ2n) is 3.88. The smallest absolute Gasteiger partial charge is 0.234 e. The first-order valence-corrected chi connectivity index (χ1v) is 6.52. The first-order valence-electron chi connectivity index (χ1n) is 5.36. The van der Waals surface area contributed by atoms with Crippen molar-refractivity contribution in [2.75, 3.05) is 37.5 Å². The summed E-state index contributed by atoms with van der Waals surface area (Å²) >= 11 is 1.54. The van der Waals surface area contributed by atoms with Gasteiger partial charge in [0.05, 0.1) is 11.4 Å². The highest BCUT2D eigenvalue weighted by Crippen LogP contribution is 2.12. The van der Waals surface area contributed by atoms with Crippen molar-refractivity contribution >= 4 is 23.4 Å². The second-order valence-corrected chi connectivity index (χ2v) is 4.99. The lowest BCUT2D eigenvalue weighted by molar-refractivity contribution is -0.113. The minimum absolute atomic E-state index is 0.168. The Morgan fingerprint density at radius 1 is 1.41 bits per heavy atom. The summed E-state index contributed by atoms with van der Waals surface area (Å²) in [6.45, 7) is 0.928. The Balaban J connectivity index is 2.28. The van der Waals surface area contributed by atoms with Gasteiger partial charge in [0.1, 0.15) is 5.82 Å². The number of anilines is 1. The van der Waals surface area contributed by atoms with Gasteiger partial charge >= 0.3 is 0 Å². The Bertz CT molecular complexity index is 371. The van der Waals surface area contributed by atoms with Crippen molar-refractivity contribution in [1.82, 2.24) is 4.90 Å². The molecule has 0 atom stereocenters. The van der Waals surface area contributed by atoms with Crippen LogP contribution >= 0.6 is 11.8 Å². The van der Waals surface area contributed by atoms with E-state index in [4.69, 9.17) is 0 Å². The summed E-state index contributed by atoms with van der Waals surface area (Å²) in [6.07, 6.45) is 0. The van der Waals surface area contributed by atoms with E-state index in [1.807, 2.05) is 14.1 Å². The number of halogens is 1. The van der Waals surface area contributed by atoms with Crippen molar-refractivity contribution < 1.29 is 9.18 Å². The molecule has 0 unspecified atom stereocenters. The van der Waals surface area contributed by atoms with E-state index in [1.54, 1.807) is 18.2 Å². The van der Waals surface area contributed by atoms with Crippen molar-refractivity contribution in [3.05, 3.63) is 30.1 Å². The summed E-state index contributed by atoms with van der Waals surface area (Å²) in [5, 5.41) is 2.55. The van der Waals surface area contributed by atoms with Crippen LogP contribution in [-0.2, 0) is 4.79 Å². The molecule has 1 N–H and O–H groups in total. The van der Waals surface area contributed by atoms with Gasteiger partial charge < -0.3 is 10.2 Å². The van der Waals surface area contributed by atoms with E-state index in [-0.39, 0.29) is 11.6 Å². The monoisotopic (exact) mass is 256 g/mol. The van der Waals surface area contributed by atoms with Gasteiger partial charge in [-0.25, -0.2) is 4.39 Å². The number of para-hydroxylation sites is 1. The highest BCUT2D eigenvalue weighted by molar-refractivity contribution is 7.99. The third-order valence-electron chi connectivity index (χ3n) is 2.06. The summed E-state index contributed by atoms with van der Waals surface area (Å²) in [7, 11) is 3.97. The standard InChI is InChI=1S/C12H17FN2OS/c1-15(2)7-8-17-9-12(16)14-11-6-4-3-5-10(11)13/h3-6H,7-9H2,1-2H3,(H,14,16). The molecule has 3 nitrogen and oxygen atoms in total. The van der Waals surface area contributed by atoms with E-state index < -0.39 is 5.82 Å². The van der Waals surface area contributed by atoms with Crippen molar-refractivity contribution in [1.29, 1.82) is 0 Å². The summed E-state index contributed by atoms with van der Waals surface area (Å²) in [5.74, 6) is 0.665. The predicted octanol–water partition coefficient (Wildman–Crippen LogP) is 2.06. The average molecular weight is 256 g/mol. The molecule has 5 heteroatoms. The Morgan fingerprint density at radius 2 is 2.12 bits per heavy atom. The molecule has 0 saturated carbocycles. The van der Waals surface area contributed by atoms with Crippen LogP contribution in [0, 0.1) is 5.82 Å². The maximum atomic E-state index is 13.2. The van der Waals surface area contributed by atoms with Crippen LogP contribution in [0.4, 0.5) is 10.1 Å². The van der Waals surface area contributed by atoms with Gasteiger partial charge in [0, 0.05) is 12.3 Å². The summed E-state index contributed by atoms with van der Waals surface area (Å²) in [5.41, 5.74) is 0.241. The number of hydrogen-bond donors (Lipinski definition) is 1. The number of amides is 1. The number of benzene rings is 1. The highest BCUT2D eigenvalue weighted by atomic mass is 32.2. The van der Waals surface area contributed by atoms with Crippen LogP contribution in [0.1, 0.15) is 0 Å². The second kappa shape index (κ2) is 7.29. The minimum atomic E-state index is -0.404. The molecule has 0 bridgehead atoms. The molecule has 0 aromatic heterocycles. The number of nitrogens with zero attached hydrogens (tertiary/aromatic N) is 1. The molecule has 0 fully saturated rings. The van der Waals surface area contributed by atoms with Crippen LogP contribution < -0.4 is 5.32 Å². The molecular weight excluding hydrogens is 239 g/mol. The van der Waals surface area contributed by atoms with Crippen LogP contribution in [0.5, 0.6) is 0 Å². The molecule has 0 radical (unpaired) electrons. The van der Waals surface area contributed by atoms with Crippen LogP contribution in [0.15, 0.2) is 24.3 Å². The predicted molar refractivity (Wildman–Crippen MR) is 70.9 cm³/mol. The lowest BCUT2D eigenvalue weighted by Crippen LogP contribution is -2.18. The van der Waals surface area contributed by atoms with E-state index in [9.17, 15) is 9.18 Å². The van der Waals surface area contributed by atoms with E-state index in [0.717, 1.165) is 12.3 Å². The largest absolute Gasteiger partial charge is 0.323 e. The zero-order valence-corrected chi connectivity index (χ0v) is 10.9. The van der Waals surface area contributed by atoms with E-state index in [2.05, 4.69) is 10.2 Å². The van der Waals surface area contributed by atoms with Gasteiger partial charge in [0.2, 0.25) is 5.91 Å². The summed E-state index contributed by atoms with van der Waals surface area (Å²) in [6, 6.07) is 6.17. The van der Waals surface area contributed by atoms with Gasteiger partial charge in [-0.3, -0.25) is 4.79 Å². The lowest BCUT2D eigenvalue weighted by atomic mass is 10.3. The van der Waals surface area contributed by atoms with Crippen molar-refractivity contribution in [2.45, 2.75) is 0 Å². The molecule has 94 valence electrons. The maximum absolute atomic E-state index is 13.2. The number of thioether (sulfide) groups is 1. The summed E-state index contributed by atoms with van der Waals surface area (Å²) < 4.78 is 13.2. The molecule has 1 rings (SSSR count). The third kappa shape index (κ3) is 5.70. The maximum Gasteiger partial charge on any atom is 0.234 e. The van der Waals surface area contributed by atoms with Gasteiger partial charge in [0.25, 0.3) is 0 Å². The molecule has 0 spiro atoms. The van der Waals surface area contributed by atoms with Gasteiger partial charge in [0.15, 0.2) is 0 Å². The fourth-order valence-corrected chi connectivity index (χ4v) is 2.06. The zero-order valence-electron chi connectivity index (χ0n) is 10.1. The molecule has 0 aliphatic heterocycles. The summed E-state index contributed by atoms with van der Waals surface area (Å²) in [4.78, 5) is 13.6. The van der Waals surface area contributed by atoms with Gasteiger partial charge in [-0.05, 0) is 26.2 Å². The SMILES string of the molecule is CN(C)CCSCC(=O)Nc1ccccc1F. The van der Waals surface area contributed by atoms with Crippen LogP contribution in [-0.4, -0.2) is 43.0 Å². The topological polar surface area (TPSA) is 32.3 Å². The molecule has 1 aromatic rings. The van der Waals surface area contributed by atoms with Crippen LogP contribution in [0.3, 0.4) is 0 Å². The van der Waals surface area contributed by atoms with Crippen molar-refractivity contribution in [2.24, 2.45) is 0 Å². The van der Waals surface area contributed by atoms with Crippen molar-refractivity contribution in [3.63, 3.8) is 0 Å². The van der Waals surface area contributed by atoms with Gasteiger partial charge in [-0.1, -0.05) is 12.1 Å². The van der Waals surface area contributed by atoms with Crippen LogP contribution in [0.2, 0.25) is 0 Å². The fraction of sp³-hybridized carbons (Fsp3) is 0.417. The molecule has 17 heavy (non-hydrogen) atoms. The molecule has 1 amide bonds. The Morgan fingerprint density at radius 3 is 2.76 bits per heavy atom. The number of rotatable bonds is 6. The highest BCUT2D eigenvalue weighted by Gasteiger charge is 2.05. The van der Waals surface area contributed by atoms with E-state index in [0.29, 0.717) is 5.75 Å². The first-order chi connectivity index (χ1) is 8.09. The number of carbonyl (C=O) groups is 1. The molecule has 0 aliphatic carbocycles. The fourth-order valence-electron chi connectivity index (χ4n) is 1.16. The first kappa shape index (κ1) is 14.0. The molecular formula is C12H17FN2OS. The molecule has 0 aliphatic rings. The Kier molecular flexibility index (Phi) is 6.00. The normalized spacial score (nSPS) is 10.6. The average Bonchev–Trinajstić information content (AvgIpc) is 2.27. The number of nitrogens with one attached hydrogen (secondary N) is 1. The molecule has 1 aromatic carbocycles. The zero-order chi connectivity index (χ0) is 12.7. The Labute approximate surface area is 105 Å². The van der Waals surface area contributed by atoms with Gasteiger partial charge in [-0.15, -0.1) is 0 Å². The van der Waals surface area contributed by atoms with E-state index in [1.165, 1.54) is 17.8 Å². The van der Waals surface area contributed by atoms with Crippen molar-refractivity contribution in [3.8, 4) is 0 Å². The Hall–Kier alpha value is -1.07. The quantitative estimate of drug-likeness (QED) is 0.791. The number of hydrogen-bond acceptors (Lipinski definition) is 3. The van der Waals surface area contributed by atoms with Crippen LogP contribution in [0.25, 0.3) is 0 Å².